The molecule has 0 atom stereocenters. The zero-order valence-corrected chi connectivity index (χ0v) is 20.3. The highest BCUT2D eigenvalue weighted by molar-refractivity contribution is 7.98. The number of hydrogen-bond acceptors (Lipinski definition) is 5. The smallest absolute Gasteiger partial charge is 0.407 e. The van der Waals surface area contributed by atoms with Gasteiger partial charge in [0.2, 0.25) is 5.91 Å². The molecule has 2 aromatic rings. The van der Waals surface area contributed by atoms with Gasteiger partial charge < -0.3 is 20.1 Å². The van der Waals surface area contributed by atoms with Crippen LogP contribution < -0.4 is 5.32 Å². The van der Waals surface area contributed by atoms with Gasteiger partial charge in [0.05, 0.1) is 0 Å². The van der Waals surface area contributed by atoms with E-state index in [1.807, 2.05) is 30.5 Å². The highest BCUT2D eigenvalue weighted by Crippen LogP contribution is 2.44. The maximum atomic E-state index is 12.3. The summed E-state index contributed by atoms with van der Waals surface area (Å²) < 4.78 is 5.52. The number of alkyl carbamates (subject to hydrolysis) is 1. The zero-order chi connectivity index (χ0) is 24.3. The molecule has 34 heavy (non-hydrogen) atoms. The van der Waals surface area contributed by atoms with Crippen molar-refractivity contribution in [3.05, 3.63) is 59.7 Å². The molecule has 0 heterocycles. The molecule has 1 aliphatic carbocycles. The number of carboxylic acids is 1. The van der Waals surface area contributed by atoms with Crippen molar-refractivity contribution in [1.29, 1.82) is 0 Å². The molecule has 0 bridgehead atoms. The quantitative estimate of drug-likeness (QED) is 0.410. The van der Waals surface area contributed by atoms with Crippen LogP contribution in [0.15, 0.2) is 48.5 Å². The van der Waals surface area contributed by atoms with Crippen LogP contribution in [-0.2, 0) is 14.3 Å². The average molecular weight is 485 g/mol. The number of nitrogens with zero attached hydrogens (tertiary/aromatic N) is 1. The van der Waals surface area contributed by atoms with Gasteiger partial charge in [-0.3, -0.25) is 9.59 Å². The normalized spacial score (nSPS) is 12.0. The monoisotopic (exact) mass is 484 g/mol. The number of hydrogen-bond donors (Lipinski definition) is 2. The first-order valence-corrected chi connectivity index (χ1v) is 13.0. The number of thioether (sulfide) groups is 1. The number of nitrogens with one attached hydrogen (secondary N) is 1. The number of amides is 2. The van der Waals surface area contributed by atoms with Crippen LogP contribution >= 0.6 is 11.8 Å². The van der Waals surface area contributed by atoms with Crippen molar-refractivity contribution in [2.45, 2.75) is 31.6 Å². The number of carboxylic acid groups (broad SMARTS) is 1. The SMILES string of the molecule is CSCCN(CC(=O)O)C(=O)CCCCCNC(=O)OCC1c2ccccc2-c2ccccc21. The van der Waals surface area contributed by atoms with Crippen molar-refractivity contribution >= 4 is 29.7 Å². The van der Waals surface area contributed by atoms with Crippen molar-refractivity contribution in [3.8, 4) is 11.1 Å². The largest absolute Gasteiger partial charge is 0.480 e. The van der Waals surface area contributed by atoms with E-state index in [2.05, 4.69) is 29.6 Å². The van der Waals surface area contributed by atoms with Crippen LogP contribution in [0.5, 0.6) is 0 Å². The predicted octanol–water partition coefficient (Wildman–Crippen LogP) is 4.36. The molecule has 1 aliphatic rings. The minimum Gasteiger partial charge on any atom is -0.480 e. The van der Waals surface area contributed by atoms with E-state index in [0.717, 1.165) is 12.8 Å². The number of benzene rings is 2. The van der Waals surface area contributed by atoms with E-state index in [1.54, 1.807) is 11.8 Å². The summed E-state index contributed by atoms with van der Waals surface area (Å²) in [5.41, 5.74) is 4.74. The van der Waals surface area contributed by atoms with Gasteiger partial charge in [-0.05, 0) is 41.4 Å². The predicted molar refractivity (Wildman–Crippen MR) is 134 cm³/mol. The molecular formula is C26H32N2O5S. The summed E-state index contributed by atoms with van der Waals surface area (Å²) in [6.07, 6.45) is 3.93. The minimum atomic E-state index is -0.998. The number of carbonyl (C=O) groups is 3. The summed E-state index contributed by atoms with van der Waals surface area (Å²) in [6.45, 7) is 0.929. The Morgan fingerprint density at radius 1 is 1.00 bits per heavy atom. The van der Waals surface area contributed by atoms with Gasteiger partial charge in [0.25, 0.3) is 0 Å². The molecule has 182 valence electrons. The van der Waals surface area contributed by atoms with Crippen molar-refractivity contribution in [1.82, 2.24) is 10.2 Å². The van der Waals surface area contributed by atoms with Crippen LogP contribution in [0.3, 0.4) is 0 Å². The molecule has 0 saturated carbocycles. The van der Waals surface area contributed by atoms with Gasteiger partial charge >= 0.3 is 12.1 Å². The fourth-order valence-electron chi connectivity index (χ4n) is 4.23. The highest BCUT2D eigenvalue weighted by Gasteiger charge is 2.28. The number of rotatable bonds is 13. The van der Waals surface area contributed by atoms with E-state index in [4.69, 9.17) is 9.84 Å². The average Bonchev–Trinajstić information content (AvgIpc) is 3.16. The fraction of sp³-hybridized carbons (Fsp3) is 0.423. The third-order valence-corrected chi connectivity index (χ3v) is 6.52. The second kappa shape index (κ2) is 13.0. The van der Waals surface area contributed by atoms with Crippen LogP contribution in [0.4, 0.5) is 4.79 Å². The number of carbonyl (C=O) groups excluding carboxylic acids is 2. The van der Waals surface area contributed by atoms with E-state index >= 15 is 0 Å². The van der Waals surface area contributed by atoms with Gasteiger partial charge in [-0.15, -0.1) is 0 Å². The molecule has 0 fully saturated rings. The minimum absolute atomic E-state index is 0.0315. The first-order valence-electron chi connectivity index (χ1n) is 11.6. The second-order valence-electron chi connectivity index (χ2n) is 8.26. The van der Waals surface area contributed by atoms with Crippen LogP contribution in [-0.4, -0.2) is 66.2 Å². The van der Waals surface area contributed by atoms with E-state index in [-0.39, 0.29) is 25.0 Å². The Morgan fingerprint density at radius 3 is 2.26 bits per heavy atom. The summed E-state index contributed by atoms with van der Waals surface area (Å²) >= 11 is 1.58. The molecule has 8 heteroatoms. The standard InChI is InChI=1S/C26H32N2O5S/c1-34-16-15-28(17-25(30)31)24(29)13-3-2-8-14-27-26(32)33-18-23-21-11-6-4-9-19(21)20-10-5-7-12-22(20)23/h4-7,9-12,23H,2-3,8,13-18H2,1H3,(H,27,32)(H,30,31). The van der Waals surface area contributed by atoms with Crippen molar-refractivity contribution in [2.75, 3.05) is 38.2 Å². The lowest BCUT2D eigenvalue weighted by Gasteiger charge is -2.20. The lowest BCUT2D eigenvalue weighted by atomic mass is 9.98. The Balaban J connectivity index is 1.35. The number of unbranched alkanes of at least 4 members (excludes halogenated alkanes) is 2. The van der Waals surface area contributed by atoms with Crippen LogP contribution in [0.1, 0.15) is 42.7 Å². The molecule has 0 radical (unpaired) electrons. The third-order valence-electron chi connectivity index (χ3n) is 5.92. The van der Waals surface area contributed by atoms with E-state index in [0.29, 0.717) is 31.7 Å². The van der Waals surface area contributed by atoms with Gasteiger partial charge in [-0.2, -0.15) is 11.8 Å². The molecule has 2 aromatic carbocycles. The van der Waals surface area contributed by atoms with Crippen molar-refractivity contribution < 1.29 is 24.2 Å². The summed E-state index contributed by atoms with van der Waals surface area (Å²) in [5, 5.41) is 11.8. The molecule has 2 N–H and O–H groups in total. The molecule has 3 rings (SSSR count). The zero-order valence-electron chi connectivity index (χ0n) is 19.5. The Kier molecular flexibility index (Phi) is 9.82. The molecule has 0 aromatic heterocycles. The topological polar surface area (TPSA) is 95.9 Å². The van der Waals surface area contributed by atoms with Gasteiger partial charge in [0, 0.05) is 31.2 Å². The second-order valence-corrected chi connectivity index (χ2v) is 9.25. The van der Waals surface area contributed by atoms with E-state index in [9.17, 15) is 14.4 Å². The van der Waals surface area contributed by atoms with Gasteiger partial charge in [0.15, 0.2) is 0 Å². The Labute approximate surface area is 204 Å². The maximum absolute atomic E-state index is 12.3. The Hall–Kier alpha value is -3.00. The molecule has 7 nitrogen and oxygen atoms in total. The van der Waals surface area contributed by atoms with E-state index < -0.39 is 12.1 Å². The summed E-state index contributed by atoms with van der Waals surface area (Å²) in [6, 6.07) is 16.4. The third kappa shape index (κ3) is 7.00. The molecule has 0 spiro atoms. The van der Waals surface area contributed by atoms with Gasteiger partial charge in [-0.1, -0.05) is 55.0 Å². The number of aliphatic carboxylic acids is 1. The molecule has 0 aliphatic heterocycles. The molecular weight excluding hydrogens is 452 g/mol. The van der Waals surface area contributed by atoms with Gasteiger partial charge in [-0.25, -0.2) is 4.79 Å². The summed E-state index contributed by atoms with van der Waals surface area (Å²) in [4.78, 5) is 36.8. The molecule has 2 amide bonds. The summed E-state index contributed by atoms with van der Waals surface area (Å²) in [5.74, 6) is -0.394. The van der Waals surface area contributed by atoms with Crippen molar-refractivity contribution in [3.63, 3.8) is 0 Å². The maximum Gasteiger partial charge on any atom is 0.407 e. The van der Waals surface area contributed by atoms with E-state index in [1.165, 1.54) is 27.2 Å². The fourth-order valence-corrected chi connectivity index (χ4v) is 4.64. The Morgan fingerprint density at radius 2 is 1.65 bits per heavy atom. The highest BCUT2D eigenvalue weighted by atomic mass is 32.2. The first kappa shape index (κ1) is 25.6. The van der Waals surface area contributed by atoms with Crippen LogP contribution in [0.2, 0.25) is 0 Å². The van der Waals surface area contributed by atoms with Gasteiger partial charge in [0.1, 0.15) is 13.2 Å². The first-order chi connectivity index (χ1) is 16.5. The molecule has 0 saturated heterocycles. The van der Waals surface area contributed by atoms with Crippen LogP contribution in [0, 0.1) is 0 Å². The molecule has 0 unspecified atom stereocenters. The Bertz CT molecular complexity index is 951. The number of ether oxygens (including phenoxy) is 1. The van der Waals surface area contributed by atoms with Crippen LogP contribution in [0.25, 0.3) is 11.1 Å². The lowest BCUT2D eigenvalue weighted by molar-refractivity contribution is -0.144. The lowest BCUT2D eigenvalue weighted by Crippen LogP contribution is -2.37. The number of fused-ring (bicyclic) bond motifs is 3. The van der Waals surface area contributed by atoms with Crippen molar-refractivity contribution in [2.24, 2.45) is 0 Å². The summed E-state index contributed by atoms with van der Waals surface area (Å²) in [7, 11) is 0.